The van der Waals surface area contributed by atoms with Gasteiger partial charge in [-0.2, -0.15) is 5.26 Å². The van der Waals surface area contributed by atoms with Crippen molar-refractivity contribution in [2.24, 2.45) is 11.7 Å². The smallest absolute Gasteiger partial charge is 0.149 e. The highest BCUT2D eigenvalue weighted by atomic mass is 19.1. The van der Waals surface area contributed by atoms with Crippen LogP contribution in [-0.2, 0) is 12.8 Å². The third-order valence-corrected chi connectivity index (χ3v) is 5.84. The summed E-state index contributed by atoms with van der Waals surface area (Å²) >= 11 is 0. The number of rotatable bonds is 5. The molecule has 0 bridgehead atoms. The predicted molar refractivity (Wildman–Crippen MR) is 120 cm³/mol. The minimum Gasteiger partial charge on any atom is -0.369 e. The number of hydrogen-bond acceptors (Lipinski definition) is 5. The summed E-state index contributed by atoms with van der Waals surface area (Å²) in [6, 6.07) is 11.0. The monoisotopic (exact) mass is 433 g/mol. The van der Waals surface area contributed by atoms with Crippen molar-refractivity contribution in [3.8, 4) is 17.3 Å². The van der Waals surface area contributed by atoms with Crippen molar-refractivity contribution >= 4 is 5.69 Å². The predicted octanol–water partition coefficient (Wildman–Crippen LogP) is 4.25. The lowest BCUT2D eigenvalue weighted by atomic mass is 9.95. The molecule has 1 fully saturated rings. The van der Waals surface area contributed by atoms with Crippen LogP contribution in [0.3, 0.4) is 0 Å². The molecule has 1 aliphatic rings. The van der Waals surface area contributed by atoms with Crippen molar-refractivity contribution in [1.82, 2.24) is 9.97 Å². The summed E-state index contributed by atoms with van der Waals surface area (Å²) in [6.45, 7) is 3.94. The van der Waals surface area contributed by atoms with Crippen LogP contribution < -0.4 is 10.6 Å². The maximum atomic E-state index is 14.5. The summed E-state index contributed by atoms with van der Waals surface area (Å²) in [6.07, 6.45) is 5.80. The SMILES string of the molecule is C[C@@H]1C[C@H](N)CN(c2ccncc2CCc2ccc(F)c(-c3c(F)cccc3C#N)n2)C1. The molecular formula is C25H25F2N5. The first-order chi connectivity index (χ1) is 15.5. The van der Waals surface area contributed by atoms with Crippen LogP contribution in [0.4, 0.5) is 14.5 Å². The van der Waals surface area contributed by atoms with Crippen LogP contribution >= 0.6 is 0 Å². The second-order valence-corrected chi connectivity index (χ2v) is 8.42. The van der Waals surface area contributed by atoms with Crippen LogP contribution in [-0.4, -0.2) is 29.1 Å². The molecule has 0 aliphatic carbocycles. The van der Waals surface area contributed by atoms with E-state index in [-0.39, 0.29) is 22.9 Å². The highest BCUT2D eigenvalue weighted by Crippen LogP contribution is 2.29. The quantitative estimate of drug-likeness (QED) is 0.651. The van der Waals surface area contributed by atoms with Crippen LogP contribution in [0.25, 0.3) is 11.3 Å². The molecule has 2 aromatic heterocycles. The van der Waals surface area contributed by atoms with E-state index < -0.39 is 11.6 Å². The number of piperidine rings is 1. The molecule has 164 valence electrons. The van der Waals surface area contributed by atoms with E-state index in [1.165, 1.54) is 24.3 Å². The Kier molecular flexibility index (Phi) is 6.42. The van der Waals surface area contributed by atoms with Gasteiger partial charge in [-0.3, -0.25) is 4.98 Å². The first-order valence-corrected chi connectivity index (χ1v) is 10.7. The largest absolute Gasteiger partial charge is 0.369 e. The number of halogens is 2. The summed E-state index contributed by atoms with van der Waals surface area (Å²) in [5.74, 6) is -0.817. The van der Waals surface area contributed by atoms with Crippen molar-refractivity contribution in [1.29, 1.82) is 5.26 Å². The normalized spacial score (nSPS) is 18.4. The Morgan fingerprint density at radius 2 is 1.97 bits per heavy atom. The first kappa shape index (κ1) is 21.8. The fraction of sp³-hybridized carbons (Fsp3) is 0.320. The van der Waals surface area contributed by atoms with Gasteiger partial charge in [-0.15, -0.1) is 0 Å². The summed E-state index contributed by atoms with van der Waals surface area (Å²) in [7, 11) is 0. The molecule has 1 aliphatic heterocycles. The topological polar surface area (TPSA) is 78.8 Å². The van der Waals surface area contributed by atoms with Gasteiger partial charge in [0.05, 0.1) is 17.2 Å². The zero-order valence-electron chi connectivity index (χ0n) is 17.9. The lowest BCUT2D eigenvalue weighted by molar-refractivity contribution is 0.401. The number of nitriles is 1. The van der Waals surface area contributed by atoms with Gasteiger partial charge >= 0.3 is 0 Å². The van der Waals surface area contributed by atoms with Crippen LogP contribution in [0.15, 0.2) is 48.8 Å². The lowest BCUT2D eigenvalue weighted by Gasteiger charge is -2.37. The molecule has 5 nitrogen and oxygen atoms in total. The fourth-order valence-electron chi connectivity index (χ4n) is 4.44. The van der Waals surface area contributed by atoms with E-state index in [9.17, 15) is 14.0 Å². The molecule has 0 amide bonds. The van der Waals surface area contributed by atoms with Gasteiger partial charge in [0, 0.05) is 42.9 Å². The van der Waals surface area contributed by atoms with Gasteiger partial charge < -0.3 is 10.6 Å². The van der Waals surface area contributed by atoms with E-state index in [1.54, 1.807) is 12.3 Å². The minimum absolute atomic E-state index is 0.0543. The lowest BCUT2D eigenvalue weighted by Crippen LogP contribution is -2.46. The molecule has 3 aromatic rings. The molecule has 2 atom stereocenters. The number of nitrogens with two attached hydrogens (primary N) is 1. The average Bonchev–Trinajstić information content (AvgIpc) is 2.78. The fourth-order valence-corrected chi connectivity index (χ4v) is 4.44. The Morgan fingerprint density at radius 1 is 1.12 bits per heavy atom. The van der Waals surface area contributed by atoms with Crippen LogP contribution in [0.1, 0.15) is 30.2 Å². The standard InChI is InChI=1S/C25H25F2N5/c1-16-11-19(29)15-32(14-16)23-9-10-30-13-18(23)5-6-20-7-8-22(27)25(31-20)24-17(12-28)3-2-4-21(24)26/h2-4,7-10,13,16,19H,5-6,11,14-15,29H2,1H3/t16-,19+/m1/s1. The molecule has 1 saturated heterocycles. The molecule has 0 radical (unpaired) electrons. The second kappa shape index (κ2) is 9.41. The second-order valence-electron chi connectivity index (χ2n) is 8.42. The van der Waals surface area contributed by atoms with Gasteiger partial charge in [0.25, 0.3) is 0 Å². The molecule has 0 spiro atoms. The molecule has 32 heavy (non-hydrogen) atoms. The van der Waals surface area contributed by atoms with Gasteiger partial charge in [0.15, 0.2) is 0 Å². The van der Waals surface area contributed by atoms with Crippen molar-refractivity contribution in [3.63, 3.8) is 0 Å². The molecular weight excluding hydrogens is 408 g/mol. The van der Waals surface area contributed by atoms with E-state index in [4.69, 9.17) is 5.73 Å². The third-order valence-electron chi connectivity index (χ3n) is 5.84. The highest BCUT2D eigenvalue weighted by molar-refractivity contribution is 5.68. The number of anilines is 1. The van der Waals surface area contributed by atoms with E-state index in [0.717, 1.165) is 30.8 Å². The van der Waals surface area contributed by atoms with Crippen LogP contribution in [0.2, 0.25) is 0 Å². The number of hydrogen-bond donors (Lipinski definition) is 1. The van der Waals surface area contributed by atoms with E-state index in [1.807, 2.05) is 18.3 Å². The maximum Gasteiger partial charge on any atom is 0.149 e. The van der Waals surface area contributed by atoms with Gasteiger partial charge in [-0.05, 0) is 61.1 Å². The summed E-state index contributed by atoms with van der Waals surface area (Å²) in [4.78, 5) is 11.0. The Labute approximate surface area is 186 Å². The van der Waals surface area contributed by atoms with E-state index in [0.29, 0.717) is 24.5 Å². The van der Waals surface area contributed by atoms with Gasteiger partial charge in [0.1, 0.15) is 17.3 Å². The summed E-state index contributed by atoms with van der Waals surface area (Å²) in [5.41, 5.74) is 8.82. The van der Waals surface area contributed by atoms with Gasteiger partial charge in [-0.25, -0.2) is 13.8 Å². The minimum atomic E-state index is -0.669. The zero-order chi connectivity index (χ0) is 22.7. The van der Waals surface area contributed by atoms with Crippen molar-refractivity contribution in [2.45, 2.75) is 32.2 Å². The number of aryl methyl sites for hydroxylation is 2. The number of pyridine rings is 2. The van der Waals surface area contributed by atoms with Gasteiger partial charge in [-0.1, -0.05) is 13.0 Å². The molecule has 0 unspecified atom stereocenters. The Bertz CT molecular complexity index is 1150. The molecule has 3 heterocycles. The van der Waals surface area contributed by atoms with E-state index in [2.05, 4.69) is 21.8 Å². The number of aromatic nitrogens is 2. The van der Waals surface area contributed by atoms with E-state index >= 15 is 0 Å². The number of benzene rings is 1. The first-order valence-electron chi connectivity index (χ1n) is 10.7. The average molecular weight is 434 g/mol. The van der Waals surface area contributed by atoms with Gasteiger partial charge in [0.2, 0.25) is 0 Å². The van der Waals surface area contributed by atoms with Crippen molar-refractivity contribution < 1.29 is 8.78 Å². The Balaban J connectivity index is 1.59. The third kappa shape index (κ3) is 4.61. The van der Waals surface area contributed by atoms with Crippen LogP contribution in [0.5, 0.6) is 0 Å². The maximum absolute atomic E-state index is 14.5. The summed E-state index contributed by atoms with van der Waals surface area (Å²) < 4.78 is 29.0. The Morgan fingerprint density at radius 3 is 2.75 bits per heavy atom. The van der Waals surface area contributed by atoms with Crippen LogP contribution in [0, 0.1) is 28.9 Å². The van der Waals surface area contributed by atoms with Crippen molar-refractivity contribution in [2.75, 3.05) is 18.0 Å². The molecule has 1 aromatic carbocycles. The number of nitrogens with zero attached hydrogens (tertiary/aromatic N) is 4. The highest BCUT2D eigenvalue weighted by Gasteiger charge is 2.24. The molecule has 2 N–H and O–H groups in total. The molecule has 7 heteroatoms. The summed E-state index contributed by atoms with van der Waals surface area (Å²) in [5, 5.41) is 9.32. The van der Waals surface area contributed by atoms with Crippen molar-refractivity contribution in [3.05, 3.63) is 77.2 Å². The molecule has 4 rings (SSSR count). The Hall–Kier alpha value is -3.37. The molecule has 0 saturated carbocycles. The zero-order valence-corrected chi connectivity index (χ0v) is 17.9.